The Morgan fingerprint density at radius 2 is 1.78 bits per heavy atom. The van der Waals surface area contributed by atoms with E-state index in [0.717, 1.165) is 4.90 Å². The smallest absolute Gasteiger partial charge is 0.253 e. The maximum Gasteiger partial charge on any atom is 0.253 e. The van der Waals surface area contributed by atoms with Crippen LogP contribution < -0.4 is 5.32 Å². The molecule has 0 saturated carbocycles. The predicted molar refractivity (Wildman–Crippen MR) is 67.5 cm³/mol. The molecule has 18 heavy (non-hydrogen) atoms. The molecule has 0 saturated heterocycles. The normalized spacial score (nSPS) is 16.6. The number of carbonyl (C=O) groups excluding carboxylic acids is 3. The van der Waals surface area contributed by atoms with Crippen molar-refractivity contribution in [2.45, 2.75) is 39.7 Å². The standard InChI is InChI=1S/C13H20N2O3/c1-9(2)10(3)14-11(16)5-4-8-15-12(17)6-7-13(15)18/h6-7,9-10H,4-5,8H2,1-3H3,(H,14,16). The van der Waals surface area contributed by atoms with Crippen LogP contribution in [0, 0.1) is 5.92 Å². The Balaban J connectivity index is 2.24. The number of hydrogen-bond donors (Lipinski definition) is 1. The predicted octanol–water partition coefficient (Wildman–Crippen LogP) is 0.852. The molecule has 0 aliphatic carbocycles. The SMILES string of the molecule is CC(C)C(C)NC(=O)CCCN1C(=O)C=CC1=O. The number of carbonyl (C=O) groups is 3. The van der Waals surface area contributed by atoms with Crippen molar-refractivity contribution in [2.24, 2.45) is 5.92 Å². The van der Waals surface area contributed by atoms with Gasteiger partial charge in [-0.05, 0) is 19.3 Å². The number of rotatable bonds is 6. The van der Waals surface area contributed by atoms with Crippen LogP contribution in [0.4, 0.5) is 0 Å². The molecule has 0 aromatic heterocycles. The first-order valence-electron chi connectivity index (χ1n) is 6.24. The van der Waals surface area contributed by atoms with Crippen LogP contribution in [0.25, 0.3) is 0 Å². The number of nitrogens with zero attached hydrogens (tertiary/aromatic N) is 1. The van der Waals surface area contributed by atoms with Gasteiger partial charge in [-0.2, -0.15) is 0 Å². The van der Waals surface area contributed by atoms with Gasteiger partial charge in [0, 0.05) is 31.2 Å². The summed E-state index contributed by atoms with van der Waals surface area (Å²) in [6.45, 7) is 6.34. The lowest BCUT2D eigenvalue weighted by molar-refractivity contribution is -0.137. The molecule has 5 heteroatoms. The molecule has 0 aromatic rings. The second kappa shape index (κ2) is 6.33. The molecular weight excluding hydrogens is 232 g/mol. The van der Waals surface area contributed by atoms with E-state index in [0.29, 0.717) is 25.3 Å². The summed E-state index contributed by atoms with van der Waals surface area (Å²) in [5.74, 6) is -0.241. The zero-order valence-electron chi connectivity index (χ0n) is 11.1. The number of imide groups is 1. The molecular formula is C13H20N2O3. The topological polar surface area (TPSA) is 66.5 Å². The van der Waals surface area contributed by atoms with E-state index in [4.69, 9.17) is 0 Å². The van der Waals surface area contributed by atoms with E-state index in [2.05, 4.69) is 5.32 Å². The average Bonchev–Trinajstić information content (AvgIpc) is 2.60. The van der Waals surface area contributed by atoms with Gasteiger partial charge in [-0.3, -0.25) is 19.3 Å². The van der Waals surface area contributed by atoms with Crippen molar-refractivity contribution in [3.63, 3.8) is 0 Å². The molecule has 1 N–H and O–H groups in total. The van der Waals surface area contributed by atoms with Gasteiger partial charge < -0.3 is 5.32 Å². The van der Waals surface area contributed by atoms with Gasteiger partial charge in [0.2, 0.25) is 5.91 Å². The lowest BCUT2D eigenvalue weighted by Gasteiger charge is -2.18. The molecule has 5 nitrogen and oxygen atoms in total. The van der Waals surface area contributed by atoms with Crippen molar-refractivity contribution < 1.29 is 14.4 Å². The molecule has 0 aromatic carbocycles. The molecule has 0 spiro atoms. The Morgan fingerprint density at radius 3 is 2.28 bits per heavy atom. The van der Waals surface area contributed by atoms with Gasteiger partial charge >= 0.3 is 0 Å². The molecule has 100 valence electrons. The fourth-order valence-corrected chi connectivity index (χ4v) is 1.54. The van der Waals surface area contributed by atoms with Crippen LogP contribution in [0.15, 0.2) is 12.2 Å². The zero-order valence-corrected chi connectivity index (χ0v) is 11.1. The van der Waals surface area contributed by atoms with Crippen molar-refractivity contribution in [1.82, 2.24) is 10.2 Å². The second-order valence-electron chi connectivity index (χ2n) is 4.87. The summed E-state index contributed by atoms with van der Waals surface area (Å²) in [7, 11) is 0. The summed E-state index contributed by atoms with van der Waals surface area (Å²) >= 11 is 0. The first kappa shape index (κ1) is 14.4. The van der Waals surface area contributed by atoms with E-state index >= 15 is 0 Å². The Kier molecular flexibility index (Phi) is 5.07. The highest BCUT2D eigenvalue weighted by Gasteiger charge is 2.22. The molecule has 1 atom stereocenters. The highest BCUT2D eigenvalue weighted by molar-refractivity contribution is 6.12. The van der Waals surface area contributed by atoms with Crippen LogP contribution >= 0.6 is 0 Å². The summed E-state index contributed by atoms with van der Waals surface area (Å²) in [4.78, 5) is 35.2. The summed E-state index contributed by atoms with van der Waals surface area (Å²) < 4.78 is 0. The van der Waals surface area contributed by atoms with Crippen molar-refractivity contribution in [2.75, 3.05) is 6.54 Å². The molecule has 0 bridgehead atoms. The summed E-state index contributed by atoms with van der Waals surface area (Å²) in [5.41, 5.74) is 0. The van der Waals surface area contributed by atoms with Crippen LogP contribution in [-0.2, 0) is 14.4 Å². The van der Waals surface area contributed by atoms with E-state index in [1.165, 1.54) is 12.2 Å². The number of amides is 3. The van der Waals surface area contributed by atoms with Gasteiger partial charge in [-0.15, -0.1) is 0 Å². The first-order chi connectivity index (χ1) is 8.41. The van der Waals surface area contributed by atoms with Gasteiger partial charge in [0.1, 0.15) is 0 Å². The molecule has 3 amide bonds. The van der Waals surface area contributed by atoms with Crippen LogP contribution in [0.2, 0.25) is 0 Å². The molecule has 1 heterocycles. The van der Waals surface area contributed by atoms with Gasteiger partial charge in [-0.25, -0.2) is 0 Å². The molecule has 1 aliphatic heterocycles. The van der Waals surface area contributed by atoms with E-state index in [1.807, 2.05) is 20.8 Å². The third-order valence-corrected chi connectivity index (χ3v) is 3.07. The fourth-order valence-electron chi connectivity index (χ4n) is 1.54. The van der Waals surface area contributed by atoms with Crippen molar-refractivity contribution in [1.29, 1.82) is 0 Å². The van der Waals surface area contributed by atoms with Gasteiger partial charge in [0.25, 0.3) is 11.8 Å². The molecule has 1 unspecified atom stereocenters. The summed E-state index contributed by atoms with van der Waals surface area (Å²) in [5, 5.41) is 2.88. The molecule has 1 rings (SSSR count). The van der Waals surface area contributed by atoms with Crippen LogP contribution in [0.5, 0.6) is 0 Å². The average molecular weight is 252 g/mol. The Morgan fingerprint density at radius 1 is 1.22 bits per heavy atom. The van der Waals surface area contributed by atoms with Gasteiger partial charge in [0.15, 0.2) is 0 Å². The summed E-state index contributed by atoms with van der Waals surface area (Å²) in [6.07, 6.45) is 3.33. The Hall–Kier alpha value is -1.65. The van der Waals surface area contributed by atoms with Crippen LogP contribution in [-0.4, -0.2) is 35.2 Å². The fraction of sp³-hybridized carbons (Fsp3) is 0.615. The summed E-state index contributed by atoms with van der Waals surface area (Å²) in [6, 6.07) is 0.134. The molecule has 1 aliphatic rings. The first-order valence-corrected chi connectivity index (χ1v) is 6.24. The largest absolute Gasteiger partial charge is 0.353 e. The monoisotopic (exact) mass is 252 g/mol. The van der Waals surface area contributed by atoms with Crippen molar-refractivity contribution in [3.05, 3.63) is 12.2 Å². The van der Waals surface area contributed by atoms with E-state index < -0.39 is 0 Å². The third kappa shape index (κ3) is 3.98. The second-order valence-corrected chi connectivity index (χ2v) is 4.87. The highest BCUT2D eigenvalue weighted by atomic mass is 16.2. The minimum absolute atomic E-state index is 0.0387. The minimum Gasteiger partial charge on any atom is -0.353 e. The number of nitrogens with one attached hydrogen (secondary N) is 1. The van der Waals surface area contributed by atoms with Gasteiger partial charge in [-0.1, -0.05) is 13.8 Å². The molecule has 0 fully saturated rings. The molecule has 0 radical (unpaired) electrons. The van der Waals surface area contributed by atoms with E-state index in [1.54, 1.807) is 0 Å². The highest BCUT2D eigenvalue weighted by Crippen LogP contribution is 2.06. The minimum atomic E-state index is -0.295. The van der Waals surface area contributed by atoms with E-state index in [-0.39, 0.29) is 23.8 Å². The van der Waals surface area contributed by atoms with Crippen LogP contribution in [0.1, 0.15) is 33.6 Å². The van der Waals surface area contributed by atoms with Gasteiger partial charge in [0.05, 0.1) is 0 Å². The maximum absolute atomic E-state index is 11.6. The Bertz CT molecular complexity index is 356. The lowest BCUT2D eigenvalue weighted by Crippen LogP contribution is -2.37. The van der Waals surface area contributed by atoms with Crippen molar-refractivity contribution in [3.8, 4) is 0 Å². The quantitative estimate of drug-likeness (QED) is 0.713. The van der Waals surface area contributed by atoms with E-state index in [9.17, 15) is 14.4 Å². The third-order valence-electron chi connectivity index (χ3n) is 3.07. The van der Waals surface area contributed by atoms with Crippen LogP contribution in [0.3, 0.4) is 0 Å². The Labute approximate surface area is 107 Å². The van der Waals surface area contributed by atoms with Crippen molar-refractivity contribution >= 4 is 17.7 Å². The zero-order chi connectivity index (χ0) is 13.7. The lowest BCUT2D eigenvalue weighted by atomic mass is 10.1. The maximum atomic E-state index is 11.6. The number of hydrogen-bond acceptors (Lipinski definition) is 3.